The highest BCUT2D eigenvalue weighted by Gasteiger charge is 2.26. The van der Waals surface area contributed by atoms with E-state index < -0.39 is 4.92 Å². The van der Waals surface area contributed by atoms with Crippen molar-refractivity contribution >= 4 is 44.9 Å². The number of aryl methyl sites for hydroxylation is 1. The van der Waals surface area contributed by atoms with Gasteiger partial charge in [0.2, 0.25) is 0 Å². The molecule has 10 heteroatoms. The van der Waals surface area contributed by atoms with Crippen molar-refractivity contribution in [1.82, 2.24) is 4.98 Å². The monoisotopic (exact) mass is 480 g/mol. The maximum absolute atomic E-state index is 12.6. The van der Waals surface area contributed by atoms with Gasteiger partial charge in [0, 0.05) is 34.2 Å². The van der Waals surface area contributed by atoms with Crippen LogP contribution in [0.2, 0.25) is 0 Å². The Bertz CT molecular complexity index is 1290. The first kappa shape index (κ1) is 22.6. The summed E-state index contributed by atoms with van der Waals surface area (Å²) in [6.07, 6.45) is 5.45. The highest BCUT2D eigenvalue weighted by atomic mass is 32.1. The minimum Gasteiger partial charge on any atom is -0.462 e. The lowest BCUT2D eigenvalue weighted by Crippen LogP contribution is -2.10. The van der Waals surface area contributed by atoms with Crippen molar-refractivity contribution in [1.29, 1.82) is 5.26 Å². The van der Waals surface area contributed by atoms with E-state index in [-0.39, 0.29) is 11.7 Å². The first-order valence-corrected chi connectivity index (χ1v) is 12.1. The number of rotatable bonds is 7. The fourth-order valence-corrected chi connectivity index (χ4v) is 5.72. The molecular weight excluding hydrogens is 460 g/mol. The standard InChI is InChI=1S/C23H20N4O4S2/c1-2-31-23(28)20-17-8-3-4-9-19(17)33-22(20)25-12-15(11-24)21-26-18(13-32-21)14-6-5-7-16(10-14)27(29)30/h5-7,10,12-13,25H,2-4,8-9H2,1H3. The number of carbonyl (C=O) groups excluding carboxylic acids is 1. The van der Waals surface area contributed by atoms with Crippen molar-refractivity contribution in [3.05, 3.63) is 67.0 Å². The van der Waals surface area contributed by atoms with Gasteiger partial charge in [-0.3, -0.25) is 10.1 Å². The second kappa shape index (κ2) is 9.94. The van der Waals surface area contributed by atoms with E-state index in [4.69, 9.17) is 4.74 Å². The number of aromatic nitrogens is 1. The number of thiazole rings is 1. The van der Waals surface area contributed by atoms with E-state index in [1.54, 1.807) is 30.6 Å². The van der Waals surface area contributed by atoms with Crippen LogP contribution >= 0.6 is 22.7 Å². The second-order valence-corrected chi connectivity index (χ2v) is 9.26. The summed E-state index contributed by atoms with van der Waals surface area (Å²) in [5, 5.41) is 26.8. The molecule has 1 N–H and O–H groups in total. The van der Waals surface area contributed by atoms with E-state index in [0.29, 0.717) is 39.0 Å². The summed E-state index contributed by atoms with van der Waals surface area (Å²) >= 11 is 2.80. The van der Waals surface area contributed by atoms with Gasteiger partial charge in [-0.2, -0.15) is 5.26 Å². The molecule has 8 nitrogen and oxygen atoms in total. The zero-order valence-corrected chi connectivity index (χ0v) is 19.4. The number of benzene rings is 1. The van der Waals surface area contributed by atoms with Crippen LogP contribution in [0.1, 0.15) is 45.6 Å². The van der Waals surface area contributed by atoms with E-state index in [9.17, 15) is 20.2 Å². The third-order valence-corrected chi connectivity index (χ3v) is 7.30. The number of nitrogens with zero attached hydrogens (tertiary/aromatic N) is 3. The zero-order chi connectivity index (χ0) is 23.4. The maximum atomic E-state index is 12.6. The molecule has 2 aromatic heterocycles. The molecule has 0 radical (unpaired) electrons. The van der Waals surface area contributed by atoms with Gasteiger partial charge in [0.1, 0.15) is 21.7 Å². The van der Waals surface area contributed by atoms with Crippen LogP contribution in [-0.2, 0) is 17.6 Å². The number of nitriles is 1. The summed E-state index contributed by atoms with van der Waals surface area (Å²) in [4.78, 5) is 28.9. The quantitative estimate of drug-likeness (QED) is 0.196. The van der Waals surface area contributed by atoms with Crippen molar-refractivity contribution in [2.45, 2.75) is 32.6 Å². The number of hydrogen-bond donors (Lipinski definition) is 1. The lowest BCUT2D eigenvalue weighted by Gasteiger charge is -2.12. The molecule has 0 aliphatic heterocycles. The largest absolute Gasteiger partial charge is 0.462 e. The molecule has 0 unspecified atom stereocenters. The molecule has 0 atom stereocenters. The number of esters is 1. The van der Waals surface area contributed by atoms with Crippen molar-refractivity contribution in [3.63, 3.8) is 0 Å². The first-order chi connectivity index (χ1) is 16.0. The normalized spacial score (nSPS) is 13.2. The van der Waals surface area contributed by atoms with Crippen molar-refractivity contribution in [2.24, 2.45) is 0 Å². The number of nitro groups is 1. The Balaban J connectivity index is 1.62. The van der Waals surface area contributed by atoms with Crippen LogP contribution in [0.4, 0.5) is 10.7 Å². The Morgan fingerprint density at radius 1 is 1.39 bits per heavy atom. The summed E-state index contributed by atoms with van der Waals surface area (Å²) in [6, 6.07) is 8.36. The van der Waals surface area contributed by atoms with Crippen molar-refractivity contribution in [3.8, 4) is 17.3 Å². The SMILES string of the molecule is CCOC(=O)c1c(NC=C(C#N)c2nc(-c3cccc([N+](=O)[O-])c3)cs2)sc2c1CCCC2. The lowest BCUT2D eigenvalue weighted by molar-refractivity contribution is -0.384. The van der Waals surface area contributed by atoms with Gasteiger partial charge in [0.05, 0.1) is 22.8 Å². The number of nitro benzene ring substituents is 1. The van der Waals surface area contributed by atoms with Gasteiger partial charge in [-0.05, 0) is 38.2 Å². The molecule has 0 saturated heterocycles. The van der Waals surface area contributed by atoms with E-state index in [2.05, 4.69) is 16.4 Å². The predicted octanol–water partition coefficient (Wildman–Crippen LogP) is 5.81. The van der Waals surface area contributed by atoms with E-state index in [0.717, 1.165) is 31.2 Å². The minimum absolute atomic E-state index is 0.0204. The fraction of sp³-hybridized carbons (Fsp3) is 0.261. The molecule has 0 fully saturated rings. The molecule has 1 aromatic carbocycles. The number of nitrogens with one attached hydrogen (secondary N) is 1. The predicted molar refractivity (Wildman–Crippen MR) is 128 cm³/mol. The van der Waals surface area contributed by atoms with Gasteiger partial charge in [0.25, 0.3) is 5.69 Å². The Morgan fingerprint density at radius 2 is 2.21 bits per heavy atom. The van der Waals surface area contributed by atoms with Gasteiger partial charge in [0.15, 0.2) is 0 Å². The topological polar surface area (TPSA) is 118 Å². The van der Waals surface area contributed by atoms with Crippen LogP contribution in [0.25, 0.3) is 16.8 Å². The molecule has 2 heterocycles. The molecule has 1 aliphatic rings. The highest BCUT2D eigenvalue weighted by Crippen LogP contribution is 2.39. The van der Waals surface area contributed by atoms with Crippen LogP contribution in [-0.4, -0.2) is 22.5 Å². The molecule has 1 aliphatic carbocycles. The summed E-state index contributed by atoms with van der Waals surface area (Å²) < 4.78 is 5.27. The van der Waals surface area contributed by atoms with E-state index in [1.165, 1.54) is 39.7 Å². The van der Waals surface area contributed by atoms with Gasteiger partial charge >= 0.3 is 5.97 Å². The number of hydrogen-bond acceptors (Lipinski definition) is 9. The van der Waals surface area contributed by atoms with Gasteiger partial charge in [-0.15, -0.1) is 22.7 Å². The number of allylic oxidation sites excluding steroid dienone is 1. The van der Waals surface area contributed by atoms with Crippen molar-refractivity contribution < 1.29 is 14.5 Å². The van der Waals surface area contributed by atoms with Gasteiger partial charge in [-0.25, -0.2) is 9.78 Å². The highest BCUT2D eigenvalue weighted by molar-refractivity contribution is 7.16. The molecule has 0 spiro atoms. The van der Waals surface area contributed by atoms with E-state index in [1.807, 2.05) is 0 Å². The van der Waals surface area contributed by atoms with Crippen LogP contribution < -0.4 is 5.32 Å². The average molecular weight is 481 g/mol. The van der Waals surface area contributed by atoms with Gasteiger partial charge < -0.3 is 10.1 Å². The van der Waals surface area contributed by atoms with Crippen LogP contribution in [0.3, 0.4) is 0 Å². The minimum atomic E-state index is -0.455. The lowest BCUT2D eigenvalue weighted by atomic mass is 9.95. The Hall–Kier alpha value is -3.55. The van der Waals surface area contributed by atoms with Crippen LogP contribution in [0.5, 0.6) is 0 Å². The van der Waals surface area contributed by atoms with Gasteiger partial charge in [-0.1, -0.05) is 12.1 Å². The molecule has 3 aromatic rings. The summed E-state index contributed by atoms with van der Waals surface area (Å²) in [7, 11) is 0. The van der Waals surface area contributed by atoms with E-state index >= 15 is 0 Å². The molecule has 0 bridgehead atoms. The Kier molecular flexibility index (Phi) is 6.82. The first-order valence-electron chi connectivity index (χ1n) is 10.4. The number of thiophene rings is 1. The molecular formula is C23H20N4O4S2. The summed E-state index contributed by atoms with van der Waals surface area (Å²) in [6.45, 7) is 2.07. The summed E-state index contributed by atoms with van der Waals surface area (Å²) in [5.74, 6) is -0.353. The third-order valence-electron chi connectivity index (χ3n) is 5.21. The molecule has 33 heavy (non-hydrogen) atoms. The number of ether oxygens (including phenoxy) is 1. The second-order valence-electron chi connectivity index (χ2n) is 7.29. The number of non-ortho nitro benzene ring substituents is 1. The molecule has 0 amide bonds. The Morgan fingerprint density at radius 3 is 2.97 bits per heavy atom. The zero-order valence-electron chi connectivity index (χ0n) is 17.8. The Labute approximate surface area is 198 Å². The number of fused-ring (bicyclic) bond motifs is 1. The van der Waals surface area contributed by atoms with Crippen LogP contribution in [0, 0.1) is 21.4 Å². The average Bonchev–Trinajstić information content (AvgIpc) is 3.45. The fourth-order valence-electron chi connectivity index (χ4n) is 3.68. The molecule has 168 valence electrons. The molecule has 4 rings (SSSR count). The number of anilines is 1. The molecule has 0 saturated carbocycles. The smallest absolute Gasteiger partial charge is 0.341 e. The maximum Gasteiger partial charge on any atom is 0.341 e. The van der Waals surface area contributed by atoms with Crippen LogP contribution in [0.15, 0.2) is 35.8 Å². The third kappa shape index (κ3) is 4.79. The summed E-state index contributed by atoms with van der Waals surface area (Å²) in [5.41, 5.74) is 3.04. The van der Waals surface area contributed by atoms with Crippen molar-refractivity contribution in [2.75, 3.05) is 11.9 Å². The number of carbonyl (C=O) groups is 1.